The number of hydrogen-bond donors (Lipinski definition) is 1. The lowest BCUT2D eigenvalue weighted by molar-refractivity contribution is 0.170. The van der Waals surface area contributed by atoms with Crippen LogP contribution in [0, 0.1) is 11.8 Å². The van der Waals surface area contributed by atoms with Crippen LogP contribution in [0.15, 0.2) is 29.2 Å². The maximum absolute atomic E-state index is 12.7. The predicted octanol–water partition coefficient (Wildman–Crippen LogP) is 0.321. The molecule has 0 aliphatic carbocycles. The molecule has 2 rings (SSSR count). The summed E-state index contributed by atoms with van der Waals surface area (Å²) in [6, 6.07) is 6.64. The minimum atomic E-state index is -3.44. The maximum Gasteiger partial charge on any atom is 0.243 e. The summed E-state index contributed by atoms with van der Waals surface area (Å²) in [5.74, 6) is 5.64. The van der Waals surface area contributed by atoms with Crippen molar-refractivity contribution in [3.8, 4) is 11.8 Å². The number of hydrogen-bond acceptors (Lipinski definition) is 4. The number of nitrogens with two attached hydrogens (primary N) is 1. The summed E-state index contributed by atoms with van der Waals surface area (Å²) in [6.45, 7) is 4.25. The average Bonchev–Trinajstić information content (AvgIpc) is 2.45. The molecule has 0 spiro atoms. The molecule has 114 valence electrons. The van der Waals surface area contributed by atoms with Gasteiger partial charge >= 0.3 is 0 Å². The number of nitrogens with zero attached hydrogens (tertiary/aromatic N) is 2. The Morgan fingerprint density at radius 2 is 1.95 bits per heavy atom. The first-order valence-electron chi connectivity index (χ1n) is 6.94. The van der Waals surface area contributed by atoms with E-state index in [4.69, 9.17) is 5.73 Å². The van der Waals surface area contributed by atoms with Crippen LogP contribution in [0.4, 0.5) is 0 Å². The Kier molecular flexibility index (Phi) is 5.01. The molecular weight excluding hydrogens is 286 g/mol. The topological polar surface area (TPSA) is 66.6 Å². The van der Waals surface area contributed by atoms with Gasteiger partial charge in [-0.05, 0) is 38.2 Å². The summed E-state index contributed by atoms with van der Waals surface area (Å²) in [4.78, 5) is 2.46. The Morgan fingerprint density at radius 1 is 1.29 bits per heavy atom. The minimum Gasteiger partial charge on any atom is -0.320 e. The minimum absolute atomic E-state index is 0.0227. The van der Waals surface area contributed by atoms with Crippen LogP contribution in [-0.2, 0) is 10.0 Å². The Hall–Kier alpha value is -1.39. The first-order chi connectivity index (χ1) is 9.95. The van der Waals surface area contributed by atoms with Crippen molar-refractivity contribution >= 4 is 10.0 Å². The Balaban J connectivity index is 2.23. The van der Waals surface area contributed by atoms with Gasteiger partial charge < -0.3 is 10.6 Å². The molecule has 21 heavy (non-hydrogen) atoms. The van der Waals surface area contributed by atoms with Crippen LogP contribution in [0.2, 0.25) is 0 Å². The predicted molar refractivity (Wildman–Crippen MR) is 83.2 cm³/mol. The van der Waals surface area contributed by atoms with E-state index in [0.717, 1.165) is 18.7 Å². The van der Waals surface area contributed by atoms with Crippen molar-refractivity contribution in [1.82, 2.24) is 9.21 Å². The molecule has 1 heterocycles. The van der Waals surface area contributed by atoms with Gasteiger partial charge in [-0.3, -0.25) is 0 Å². The monoisotopic (exact) mass is 307 g/mol. The summed E-state index contributed by atoms with van der Waals surface area (Å²) in [5.41, 5.74) is 6.09. The first-order valence-corrected chi connectivity index (χ1v) is 8.38. The number of rotatable bonds is 2. The lowest BCUT2D eigenvalue weighted by atomic mass is 10.2. The third-order valence-corrected chi connectivity index (χ3v) is 5.59. The second kappa shape index (κ2) is 6.58. The van der Waals surface area contributed by atoms with E-state index in [1.807, 2.05) is 14.0 Å². The Labute approximate surface area is 126 Å². The fourth-order valence-corrected chi connectivity index (χ4v) is 4.09. The highest BCUT2D eigenvalue weighted by atomic mass is 32.2. The highest BCUT2D eigenvalue weighted by molar-refractivity contribution is 7.89. The van der Waals surface area contributed by atoms with Crippen LogP contribution < -0.4 is 5.73 Å². The quantitative estimate of drug-likeness (QED) is 0.799. The van der Waals surface area contributed by atoms with Gasteiger partial charge in [0.1, 0.15) is 0 Å². The zero-order chi connectivity index (χ0) is 15.5. The summed E-state index contributed by atoms with van der Waals surface area (Å²) in [6.07, 6.45) is 0. The van der Waals surface area contributed by atoms with Crippen LogP contribution >= 0.6 is 0 Å². The molecule has 1 aliphatic rings. The molecule has 6 heteroatoms. The molecule has 1 saturated heterocycles. The lowest BCUT2D eigenvalue weighted by Crippen LogP contribution is -2.52. The first kappa shape index (κ1) is 16.0. The zero-order valence-corrected chi connectivity index (χ0v) is 13.2. The third kappa shape index (κ3) is 3.63. The summed E-state index contributed by atoms with van der Waals surface area (Å²) in [5, 5.41) is 0. The van der Waals surface area contributed by atoms with Gasteiger partial charge in [0.05, 0.1) is 11.4 Å². The van der Waals surface area contributed by atoms with E-state index in [9.17, 15) is 8.42 Å². The molecule has 0 amide bonds. The number of sulfonamides is 1. The summed E-state index contributed by atoms with van der Waals surface area (Å²) < 4.78 is 26.9. The van der Waals surface area contributed by atoms with E-state index < -0.39 is 10.0 Å². The highest BCUT2D eigenvalue weighted by Crippen LogP contribution is 2.21. The van der Waals surface area contributed by atoms with Crippen LogP contribution in [0.3, 0.4) is 0 Å². The van der Waals surface area contributed by atoms with Gasteiger partial charge in [0, 0.05) is 31.2 Å². The average molecular weight is 307 g/mol. The molecule has 1 aliphatic heterocycles. The van der Waals surface area contributed by atoms with E-state index in [0.29, 0.717) is 18.0 Å². The van der Waals surface area contributed by atoms with Crippen molar-refractivity contribution in [3.63, 3.8) is 0 Å². The van der Waals surface area contributed by atoms with Crippen molar-refractivity contribution in [3.05, 3.63) is 29.8 Å². The summed E-state index contributed by atoms with van der Waals surface area (Å²) >= 11 is 0. The Bertz CT molecular complexity index is 644. The summed E-state index contributed by atoms with van der Waals surface area (Å²) in [7, 11) is -1.43. The normalized spacial score (nSPS) is 20.8. The standard InChI is InChI=1S/C15H21N3O2S/c1-13-12-17(2)10-11-18(13)21(19,20)15-7-5-14(6-8-15)4-3-9-16/h5-8,13H,9-12,16H2,1-2H3. The van der Waals surface area contributed by atoms with Crippen molar-refractivity contribution in [1.29, 1.82) is 0 Å². The second-order valence-corrected chi connectivity index (χ2v) is 7.15. The van der Waals surface area contributed by atoms with Crippen LogP contribution in [0.5, 0.6) is 0 Å². The molecule has 2 N–H and O–H groups in total. The van der Waals surface area contributed by atoms with Gasteiger partial charge in [-0.1, -0.05) is 11.8 Å². The second-order valence-electron chi connectivity index (χ2n) is 5.26. The van der Waals surface area contributed by atoms with Crippen molar-refractivity contribution in [2.24, 2.45) is 5.73 Å². The number of benzene rings is 1. The number of piperazine rings is 1. The van der Waals surface area contributed by atoms with Gasteiger partial charge in [-0.15, -0.1) is 0 Å². The van der Waals surface area contributed by atoms with Crippen molar-refractivity contribution < 1.29 is 8.42 Å². The SMILES string of the molecule is CC1CN(C)CCN1S(=O)(=O)c1ccc(C#CCN)cc1. The molecule has 5 nitrogen and oxygen atoms in total. The smallest absolute Gasteiger partial charge is 0.243 e. The van der Waals surface area contributed by atoms with Gasteiger partial charge in [0.2, 0.25) is 10.0 Å². The molecule has 0 bridgehead atoms. The van der Waals surface area contributed by atoms with Crippen molar-refractivity contribution in [2.75, 3.05) is 33.2 Å². The van der Waals surface area contributed by atoms with Crippen LogP contribution in [-0.4, -0.2) is 56.9 Å². The molecule has 0 saturated carbocycles. The molecular formula is C15H21N3O2S. The van der Waals surface area contributed by atoms with E-state index in [1.165, 1.54) is 0 Å². The van der Waals surface area contributed by atoms with Crippen LogP contribution in [0.1, 0.15) is 12.5 Å². The molecule has 1 fully saturated rings. The Morgan fingerprint density at radius 3 is 2.52 bits per heavy atom. The van der Waals surface area contributed by atoms with Gasteiger partial charge in [-0.2, -0.15) is 4.31 Å². The van der Waals surface area contributed by atoms with E-state index in [2.05, 4.69) is 16.7 Å². The molecule has 1 aromatic rings. The zero-order valence-electron chi connectivity index (χ0n) is 12.4. The fourth-order valence-electron chi connectivity index (χ4n) is 2.48. The van der Waals surface area contributed by atoms with Gasteiger partial charge in [-0.25, -0.2) is 8.42 Å². The van der Waals surface area contributed by atoms with E-state index >= 15 is 0 Å². The molecule has 1 unspecified atom stereocenters. The number of likely N-dealkylation sites (N-methyl/N-ethyl adjacent to an activating group) is 1. The van der Waals surface area contributed by atoms with Gasteiger partial charge in [0.15, 0.2) is 0 Å². The van der Waals surface area contributed by atoms with Crippen molar-refractivity contribution in [2.45, 2.75) is 17.9 Å². The van der Waals surface area contributed by atoms with Gasteiger partial charge in [0.25, 0.3) is 0 Å². The molecule has 1 atom stereocenters. The lowest BCUT2D eigenvalue weighted by Gasteiger charge is -2.37. The van der Waals surface area contributed by atoms with Crippen LogP contribution in [0.25, 0.3) is 0 Å². The third-order valence-electron chi connectivity index (χ3n) is 3.57. The van der Waals surface area contributed by atoms with E-state index in [-0.39, 0.29) is 6.04 Å². The molecule has 1 aromatic carbocycles. The molecule has 0 radical (unpaired) electrons. The molecule has 0 aromatic heterocycles. The van der Waals surface area contributed by atoms with E-state index in [1.54, 1.807) is 28.6 Å². The maximum atomic E-state index is 12.7. The fraction of sp³-hybridized carbons (Fsp3) is 0.467. The largest absolute Gasteiger partial charge is 0.320 e. The highest BCUT2D eigenvalue weighted by Gasteiger charge is 2.32.